The Bertz CT molecular complexity index is 667. The second-order valence-corrected chi connectivity index (χ2v) is 8.02. The van der Waals surface area contributed by atoms with Gasteiger partial charge >= 0.3 is 0 Å². The van der Waals surface area contributed by atoms with Crippen LogP contribution >= 0.6 is 11.6 Å². The van der Waals surface area contributed by atoms with Gasteiger partial charge in [0.25, 0.3) is 0 Å². The van der Waals surface area contributed by atoms with E-state index < -0.39 is 0 Å². The molecule has 5 heteroatoms. The first-order valence-corrected chi connectivity index (χ1v) is 10.2. The van der Waals surface area contributed by atoms with Gasteiger partial charge in [-0.1, -0.05) is 23.7 Å². The van der Waals surface area contributed by atoms with E-state index in [9.17, 15) is 0 Å². The zero-order valence-corrected chi connectivity index (χ0v) is 16.8. The highest BCUT2D eigenvalue weighted by molar-refractivity contribution is 6.30. The van der Waals surface area contributed by atoms with Gasteiger partial charge in [-0.3, -0.25) is 4.68 Å². The van der Waals surface area contributed by atoms with Crippen LogP contribution in [-0.2, 0) is 19.5 Å². The second kappa shape index (κ2) is 9.54. The first-order valence-electron chi connectivity index (χ1n) is 9.79. The average Bonchev–Trinajstić information content (AvgIpc) is 3.09. The lowest BCUT2D eigenvalue weighted by atomic mass is 9.97. The first-order chi connectivity index (χ1) is 12.6. The summed E-state index contributed by atoms with van der Waals surface area (Å²) in [5.74, 6) is 0.764. The fraction of sp³-hybridized carbons (Fsp3) is 0.571. The van der Waals surface area contributed by atoms with Crippen LogP contribution in [0.3, 0.4) is 0 Å². The molecule has 26 heavy (non-hydrogen) atoms. The lowest BCUT2D eigenvalue weighted by Crippen LogP contribution is -2.40. The van der Waals surface area contributed by atoms with E-state index in [1.807, 2.05) is 23.0 Å². The molecule has 4 nitrogen and oxygen atoms in total. The van der Waals surface area contributed by atoms with Crippen molar-refractivity contribution in [3.05, 3.63) is 52.8 Å². The smallest absolute Gasteiger partial charge is 0.0534 e. The maximum absolute atomic E-state index is 5.98. The van der Waals surface area contributed by atoms with Crippen LogP contribution in [-0.4, -0.2) is 52.8 Å². The van der Waals surface area contributed by atoms with Crippen molar-refractivity contribution < 1.29 is 0 Å². The Hall–Kier alpha value is -1.36. The predicted octanol–water partition coefficient (Wildman–Crippen LogP) is 3.94. The van der Waals surface area contributed by atoms with Crippen LogP contribution in [0.2, 0.25) is 5.02 Å². The summed E-state index contributed by atoms with van der Waals surface area (Å²) >= 11 is 5.98. The van der Waals surface area contributed by atoms with Crippen LogP contribution in [0.25, 0.3) is 0 Å². The van der Waals surface area contributed by atoms with Gasteiger partial charge in [0.05, 0.1) is 6.20 Å². The van der Waals surface area contributed by atoms with Crippen molar-refractivity contribution in [3.8, 4) is 0 Å². The van der Waals surface area contributed by atoms with Crippen LogP contribution < -0.4 is 0 Å². The third-order valence-corrected chi connectivity index (χ3v) is 5.52. The standard InChI is InChI=1S/C21H31ClN4/c1-3-26-17-20(13-23-26)15-24(2)14-19-5-4-11-25(16-19)12-10-18-6-8-21(22)9-7-18/h6-9,13,17,19H,3-5,10-12,14-16H2,1-2H3/t19-/m1/s1. The molecule has 0 spiro atoms. The van der Waals surface area contributed by atoms with E-state index in [4.69, 9.17) is 11.6 Å². The molecule has 1 aromatic heterocycles. The largest absolute Gasteiger partial charge is 0.303 e. The number of aryl methyl sites for hydroxylation is 1. The molecule has 1 atom stereocenters. The van der Waals surface area contributed by atoms with Crippen molar-refractivity contribution in [1.82, 2.24) is 19.6 Å². The molecule has 1 fully saturated rings. The van der Waals surface area contributed by atoms with E-state index in [0.717, 1.165) is 43.5 Å². The maximum atomic E-state index is 5.98. The summed E-state index contributed by atoms with van der Waals surface area (Å²) in [7, 11) is 2.23. The van der Waals surface area contributed by atoms with Crippen LogP contribution in [0.5, 0.6) is 0 Å². The highest BCUT2D eigenvalue weighted by Gasteiger charge is 2.21. The van der Waals surface area contributed by atoms with Crippen LogP contribution in [0.1, 0.15) is 30.9 Å². The minimum Gasteiger partial charge on any atom is -0.303 e. The number of rotatable bonds is 8. The van der Waals surface area contributed by atoms with Crippen molar-refractivity contribution in [2.45, 2.75) is 39.3 Å². The van der Waals surface area contributed by atoms with Gasteiger partial charge in [-0.15, -0.1) is 0 Å². The zero-order chi connectivity index (χ0) is 18.4. The van der Waals surface area contributed by atoms with Gasteiger partial charge in [-0.2, -0.15) is 5.10 Å². The van der Waals surface area contributed by atoms with E-state index in [2.05, 4.69) is 47.2 Å². The normalized spacial score (nSPS) is 18.5. The average molecular weight is 375 g/mol. The molecule has 1 aliphatic rings. The van der Waals surface area contributed by atoms with Gasteiger partial charge in [0.2, 0.25) is 0 Å². The Morgan fingerprint density at radius 1 is 1.23 bits per heavy atom. The fourth-order valence-electron chi connectivity index (χ4n) is 3.92. The zero-order valence-electron chi connectivity index (χ0n) is 16.1. The fourth-order valence-corrected chi connectivity index (χ4v) is 4.05. The SMILES string of the molecule is CCn1cc(CN(C)C[C@H]2CCCN(CCc3ccc(Cl)cc3)C2)cn1. The van der Waals surface area contributed by atoms with E-state index in [-0.39, 0.29) is 0 Å². The molecule has 1 aliphatic heterocycles. The molecule has 0 amide bonds. The monoisotopic (exact) mass is 374 g/mol. The molecule has 0 aliphatic carbocycles. The van der Waals surface area contributed by atoms with E-state index in [0.29, 0.717) is 0 Å². The number of aromatic nitrogens is 2. The molecule has 0 radical (unpaired) electrons. The summed E-state index contributed by atoms with van der Waals surface area (Å²) < 4.78 is 2.00. The number of hydrogen-bond acceptors (Lipinski definition) is 3. The highest BCUT2D eigenvalue weighted by atomic mass is 35.5. The molecule has 0 saturated carbocycles. The Kier molecular flexibility index (Phi) is 7.12. The first kappa shape index (κ1) is 19.4. The number of halogens is 1. The van der Waals surface area contributed by atoms with Crippen molar-refractivity contribution in [1.29, 1.82) is 0 Å². The van der Waals surface area contributed by atoms with Crippen molar-refractivity contribution in [2.24, 2.45) is 5.92 Å². The third-order valence-electron chi connectivity index (χ3n) is 5.27. The number of benzene rings is 1. The number of piperidine rings is 1. The highest BCUT2D eigenvalue weighted by Crippen LogP contribution is 2.19. The van der Waals surface area contributed by atoms with Crippen molar-refractivity contribution in [2.75, 3.05) is 33.2 Å². The molecule has 0 bridgehead atoms. The summed E-state index contributed by atoms with van der Waals surface area (Å²) in [6.07, 6.45) is 7.92. The van der Waals surface area contributed by atoms with Crippen molar-refractivity contribution >= 4 is 11.6 Å². The molecular formula is C21H31ClN4. The molecule has 3 rings (SSSR count). The van der Waals surface area contributed by atoms with Crippen LogP contribution in [0, 0.1) is 5.92 Å². The topological polar surface area (TPSA) is 24.3 Å². The van der Waals surface area contributed by atoms with Gasteiger partial charge in [0, 0.05) is 49.5 Å². The summed E-state index contributed by atoms with van der Waals surface area (Å²) in [5, 5.41) is 5.20. The molecule has 0 unspecified atom stereocenters. The van der Waals surface area contributed by atoms with Gasteiger partial charge in [-0.05, 0) is 63.4 Å². The Labute approximate surface area is 162 Å². The Morgan fingerprint density at radius 3 is 2.77 bits per heavy atom. The van der Waals surface area contributed by atoms with E-state index >= 15 is 0 Å². The molecule has 1 saturated heterocycles. The van der Waals surface area contributed by atoms with Gasteiger partial charge < -0.3 is 9.80 Å². The number of likely N-dealkylation sites (tertiary alicyclic amines) is 1. The number of nitrogens with zero attached hydrogens (tertiary/aromatic N) is 4. The van der Waals surface area contributed by atoms with E-state index in [1.54, 1.807) is 0 Å². The molecule has 1 aromatic carbocycles. The molecule has 2 aromatic rings. The van der Waals surface area contributed by atoms with Gasteiger partial charge in [0.15, 0.2) is 0 Å². The Morgan fingerprint density at radius 2 is 2.04 bits per heavy atom. The quantitative estimate of drug-likeness (QED) is 0.699. The Balaban J connectivity index is 1.43. The minimum absolute atomic E-state index is 0.764. The van der Waals surface area contributed by atoms with Crippen LogP contribution in [0.15, 0.2) is 36.7 Å². The van der Waals surface area contributed by atoms with Crippen molar-refractivity contribution in [3.63, 3.8) is 0 Å². The summed E-state index contributed by atoms with van der Waals surface area (Å²) in [5.41, 5.74) is 2.69. The lowest BCUT2D eigenvalue weighted by Gasteiger charge is -2.34. The third kappa shape index (κ3) is 5.83. The molecule has 2 heterocycles. The minimum atomic E-state index is 0.764. The maximum Gasteiger partial charge on any atom is 0.0534 e. The predicted molar refractivity (Wildman–Crippen MR) is 109 cm³/mol. The number of hydrogen-bond donors (Lipinski definition) is 0. The summed E-state index contributed by atoms with van der Waals surface area (Å²) in [4.78, 5) is 5.08. The summed E-state index contributed by atoms with van der Waals surface area (Å²) in [6.45, 7) is 8.81. The van der Waals surface area contributed by atoms with Gasteiger partial charge in [-0.25, -0.2) is 0 Å². The van der Waals surface area contributed by atoms with Gasteiger partial charge in [0.1, 0.15) is 0 Å². The lowest BCUT2D eigenvalue weighted by molar-refractivity contribution is 0.142. The molecule has 142 valence electrons. The van der Waals surface area contributed by atoms with E-state index in [1.165, 1.54) is 37.1 Å². The molecular weight excluding hydrogens is 344 g/mol. The second-order valence-electron chi connectivity index (χ2n) is 7.59. The summed E-state index contributed by atoms with van der Waals surface area (Å²) in [6, 6.07) is 8.28. The molecule has 0 N–H and O–H groups in total. The van der Waals surface area contributed by atoms with Crippen LogP contribution in [0.4, 0.5) is 0 Å².